The van der Waals surface area contributed by atoms with Gasteiger partial charge in [-0.15, -0.1) is 0 Å². The van der Waals surface area contributed by atoms with Crippen LogP contribution in [-0.4, -0.2) is 50.2 Å². The molecule has 0 heterocycles. The molecule has 2 unspecified atom stereocenters. The van der Waals surface area contributed by atoms with Crippen LogP contribution in [0.1, 0.15) is 207 Å². The monoisotopic (exact) mass is 638 g/mol. The van der Waals surface area contributed by atoms with Gasteiger partial charge in [0.05, 0.1) is 5.92 Å². The number of ether oxygens (including phenoxy) is 2. The molecule has 5 nitrogen and oxygen atoms in total. The van der Waals surface area contributed by atoms with Crippen LogP contribution in [-0.2, 0) is 19.1 Å². The molecule has 0 rings (SSSR count). The molecule has 0 saturated heterocycles. The minimum atomic E-state index is -0.316. The summed E-state index contributed by atoms with van der Waals surface area (Å²) in [5.74, 6) is -0.218. The maximum Gasteiger partial charge on any atom is 0.309 e. The molecule has 0 aliphatic heterocycles. The molecule has 0 aromatic rings. The van der Waals surface area contributed by atoms with Crippen molar-refractivity contribution >= 4 is 11.9 Å². The molecular weight excluding hydrogens is 558 g/mol. The number of hydrogen-bond acceptors (Lipinski definition) is 5. The second-order valence-corrected chi connectivity index (χ2v) is 14.1. The van der Waals surface area contributed by atoms with Gasteiger partial charge in [0.1, 0.15) is 12.7 Å². The molecule has 268 valence electrons. The van der Waals surface area contributed by atoms with Crippen molar-refractivity contribution in [3.63, 3.8) is 0 Å². The second-order valence-electron chi connectivity index (χ2n) is 14.1. The van der Waals surface area contributed by atoms with Crippen molar-refractivity contribution in [2.45, 2.75) is 213 Å². The molecule has 2 atom stereocenters. The van der Waals surface area contributed by atoms with Crippen molar-refractivity contribution in [3.05, 3.63) is 0 Å². The number of carbonyl (C=O) groups is 2. The second kappa shape index (κ2) is 34.2. The van der Waals surface area contributed by atoms with Crippen molar-refractivity contribution in [1.82, 2.24) is 4.90 Å². The topological polar surface area (TPSA) is 55.8 Å². The van der Waals surface area contributed by atoms with E-state index in [0.29, 0.717) is 6.42 Å². The molecule has 0 saturated carbocycles. The molecular formula is C40H79NO4. The van der Waals surface area contributed by atoms with Gasteiger partial charge < -0.3 is 14.4 Å². The van der Waals surface area contributed by atoms with Crippen molar-refractivity contribution in [2.24, 2.45) is 5.92 Å². The van der Waals surface area contributed by atoms with Gasteiger partial charge in [0.15, 0.2) is 0 Å². The number of nitrogens with zero attached hydrogens (tertiary/aromatic N) is 1. The van der Waals surface area contributed by atoms with Crippen molar-refractivity contribution < 1.29 is 19.1 Å². The van der Waals surface area contributed by atoms with Gasteiger partial charge in [-0.05, 0) is 59.2 Å². The minimum Gasteiger partial charge on any atom is -0.462 e. The Kier molecular flexibility index (Phi) is 33.4. The molecule has 0 spiro atoms. The van der Waals surface area contributed by atoms with Crippen LogP contribution in [0.25, 0.3) is 0 Å². The van der Waals surface area contributed by atoms with Crippen LogP contribution in [0.5, 0.6) is 0 Å². The quantitative estimate of drug-likeness (QED) is 0.0511. The van der Waals surface area contributed by atoms with Crippen LogP contribution in [0.2, 0.25) is 0 Å². The third-order valence-corrected chi connectivity index (χ3v) is 9.22. The van der Waals surface area contributed by atoms with E-state index in [1.807, 2.05) is 0 Å². The Morgan fingerprint density at radius 2 is 0.911 bits per heavy atom. The summed E-state index contributed by atoms with van der Waals surface area (Å²) in [6, 6.07) is 0. The van der Waals surface area contributed by atoms with Crippen molar-refractivity contribution in [3.8, 4) is 0 Å². The Bertz CT molecular complexity index is 638. The first kappa shape index (κ1) is 43.9. The fourth-order valence-electron chi connectivity index (χ4n) is 6.17. The lowest BCUT2D eigenvalue weighted by Gasteiger charge is -2.21. The van der Waals surface area contributed by atoms with Crippen LogP contribution < -0.4 is 0 Å². The lowest BCUT2D eigenvalue weighted by Crippen LogP contribution is -2.28. The zero-order chi connectivity index (χ0) is 33.2. The van der Waals surface area contributed by atoms with Crippen LogP contribution in [0.4, 0.5) is 0 Å². The molecule has 0 fully saturated rings. The SMILES string of the molecule is CCCCCCCCCCCCCC(COC(=O)C(CCCCCC)CCCCCCCC)OC(=O)CCCCCCN(C)C. The lowest BCUT2D eigenvalue weighted by molar-refractivity contribution is -0.162. The van der Waals surface area contributed by atoms with Gasteiger partial charge in [0.25, 0.3) is 0 Å². The summed E-state index contributed by atoms with van der Waals surface area (Å²) in [6.07, 6.45) is 33.4. The summed E-state index contributed by atoms with van der Waals surface area (Å²) in [5, 5.41) is 0. The van der Waals surface area contributed by atoms with E-state index in [1.165, 1.54) is 109 Å². The maximum atomic E-state index is 13.3. The molecule has 0 N–H and O–H groups in total. The minimum absolute atomic E-state index is 0.0199. The highest BCUT2D eigenvalue weighted by Gasteiger charge is 2.22. The first-order valence-corrected chi connectivity index (χ1v) is 19.9. The van der Waals surface area contributed by atoms with Crippen molar-refractivity contribution in [2.75, 3.05) is 27.2 Å². The van der Waals surface area contributed by atoms with Crippen molar-refractivity contribution in [1.29, 1.82) is 0 Å². The Morgan fingerprint density at radius 1 is 0.511 bits per heavy atom. The highest BCUT2D eigenvalue weighted by atomic mass is 16.6. The third-order valence-electron chi connectivity index (χ3n) is 9.22. The van der Waals surface area contributed by atoms with Gasteiger partial charge in [0.2, 0.25) is 0 Å². The van der Waals surface area contributed by atoms with Gasteiger partial charge in [-0.25, -0.2) is 0 Å². The van der Waals surface area contributed by atoms with E-state index in [2.05, 4.69) is 39.8 Å². The van der Waals surface area contributed by atoms with Gasteiger partial charge in [-0.2, -0.15) is 0 Å². The van der Waals surface area contributed by atoms with Crippen LogP contribution in [0, 0.1) is 5.92 Å². The van der Waals surface area contributed by atoms with Crippen LogP contribution in [0.3, 0.4) is 0 Å². The highest BCUT2D eigenvalue weighted by Crippen LogP contribution is 2.22. The highest BCUT2D eigenvalue weighted by molar-refractivity contribution is 5.72. The predicted molar refractivity (Wildman–Crippen MR) is 194 cm³/mol. The fourth-order valence-corrected chi connectivity index (χ4v) is 6.17. The van der Waals surface area contributed by atoms with E-state index >= 15 is 0 Å². The lowest BCUT2D eigenvalue weighted by atomic mass is 9.94. The van der Waals surface area contributed by atoms with E-state index in [4.69, 9.17) is 9.47 Å². The molecule has 0 aromatic carbocycles. The molecule has 0 bridgehead atoms. The average Bonchev–Trinajstić information content (AvgIpc) is 3.02. The summed E-state index contributed by atoms with van der Waals surface area (Å²) >= 11 is 0. The van der Waals surface area contributed by atoms with E-state index < -0.39 is 0 Å². The van der Waals surface area contributed by atoms with E-state index in [1.54, 1.807) is 0 Å². The number of esters is 2. The normalized spacial score (nSPS) is 12.8. The Labute approximate surface area is 281 Å². The van der Waals surface area contributed by atoms with Gasteiger partial charge >= 0.3 is 11.9 Å². The zero-order valence-corrected chi connectivity index (χ0v) is 31.2. The molecule has 0 radical (unpaired) electrons. The average molecular weight is 638 g/mol. The summed E-state index contributed by atoms with van der Waals surface area (Å²) < 4.78 is 11.9. The summed E-state index contributed by atoms with van der Waals surface area (Å²) in [5.41, 5.74) is 0. The smallest absolute Gasteiger partial charge is 0.309 e. The standard InChI is InChI=1S/C40H79NO4/c1-6-9-12-15-17-18-19-20-21-23-28-33-38(45-39(42)34-29-24-25-30-35-41(4)5)36-44-40(43)37(31-26-14-11-8-3)32-27-22-16-13-10-7-2/h37-38H,6-36H2,1-5H3. The first-order chi connectivity index (χ1) is 21.9. The van der Waals surface area contributed by atoms with Gasteiger partial charge in [0, 0.05) is 6.42 Å². The van der Waals surface area contributed by atoms with E-state index in [-0.39, 0.29) is 30.6 Å². The summed E-state index contributed by atoms with van der Waals surface area (Å²) in [4.78, 5) is 28.2. The fraction of sp³-hybridized carbons (Fsp3) is 0.950. The molecule has 0 amide bonds. The predicted octanol–water partition coefficient (Wildman–Crippen LogP) is 12.0. The van der Waals surface area contributed by atoms with E-state index in [9.17, 15) is 9.59 Å². The summed E-state index contributed by atoms with van der Waals surface area (Å²) in [7, 11) is 4.20. The van der Waals surface area contributed by atoms with Gasteiger partial charge in [-0.3, -0.25) is 9.59 Å². The third kappa shape index (κ3) is 31.3. The van der Waals surface area contributed by atoms with E-state index in [0.717, 1.165) is 77.2 Å². The first-order valence-electron chi connectivity index (χ1n) is 19.9. The number of hydrogen-bond donors (Lipinski definition) is 0. The van der Waals surface area contributed by atoms with Crippen LogP contribution >= 0.6 is 0 Å². The Hall–Kier alpha value is -1.10. The maximum absolute atomic E-state index is 13.3. The zero-order valence-electron chi connectivity index (χ0n) is 31.2. The molecule has 5 heteroatoms. The number of carbonyl (C=O) groups excluding carboxylic acids is 2. The summed E-state index contributed by atoms with van der Waals surface area (Å²) in [6.45, 7) is 8.05. The molecule has 0 aliphatic rings. The Morgan fingerprint density at radius 3 is 1.40 bits per heavy atom. The molecule has 45 heavy (non-hydrogen) atoms. The molecule has 0 aromatic heterocycles. The van der Waals surface area contributed by atoms with Gasteiger partial charge in [-0.1, -0.05) is 162 Å². The van der Waals surface area contributed by atoms with Crippen LogP contribution in [0.15, 0.2) is 0 Å². The molecule has 0 aliphatic carbocycles. The largest absolute Gasteiger partial charge is 0.462 e. The Balaban J connectivity index is 4.75. The number of unbranched alkanes of at least 4 members (excludes halogenated alkanes) is 21. The number of rotatable bonds is 35.